The molecule has 1 heterocycles. The SMILES string of the molecule is [2H]c1c(O)cc[nH]c1=O. The fraction of sp³-hybridized carbons (Fsp3) is 0. The zero-order chi connectivity index (χ0) is 6.85. The number of pyridine rings is 1. The zero-order valence-corrected chi connectivity index (χ0v) is 4.01. The van der Waals surface area contributed by atoms with E-state index in [9.17, 15) is 4.79 Å². The molecule has 1 rings (SSSR count). The molecule has 1 aromatic rings. The maximum atomic E-state index is 10.4. The summed E-state index contributed by atoms with van der Waals surface area (Å²) in [6.45, 7) is 0. The van der Waals surface area contributed by atoms with Gasteiger partial charge in [-0.3, -0.25) is 4.79 Å². The lowest BCUT2D eigenvalue weighted by molar-refractivity contribution is 0.473. The molecule has 8 heavy (non-hydrogen) atoms. The summed E-state index contributed by atoms with van der Waals surface area (Å²) >= 11 is 0. The highest BCUT2D eigenvalue weighted by atomic mass is 16.3. The normalized spacial score (nSPS) is 10.8. The Balaban J connectivity index is 3.43. The first kappa shape index (κ1) is 3.72. The first-order valence-corrected chi connectivity index (χ1v) is 2.09. The van der Waals surface area contributed by atoms with Crippen LogP contribution in [0.3, 0.4) is 0 Å². The van der Waals surface area contributed by atoms with Gasteiger partial charge < -0.3 is 10.1 Å². The van der Waals surface area contributed by atoms with Crippen LogP contribution in [-0.2, 0) is 0 Å². The topological polar surface area (TPSA) is 53.1 Å². The van der Waals surface area contributed by atoms with Crippen molar-refractivity contribution < 1.29 is 6.48 Å². The highest BCUT2D eigenvalue weighted by Crippen LogP contribution is 1.97. The van der Waals surface area contributed by atoms with Gasteiger partial charge in [0.1, 0.15) is 5.75 Å². The number of aromatic hydroxyl groups is 1. The van der Waals surface area contributed by atoms with Crippen LogP contribution in [0.1, 0.15) is 1.37 Å². The monoisotopic (exact) mass is 112 g/mol. The van der Waals surface area contributed by atoms with E-state index < -0.39 is 11.6 Å². The summed E-state index contributed by atoms with van der Waals surface area (Å²) in [4.78, 5) is 12.7. The maximum Gasteiger partial charge on any atom is 0.251 e. The molecule has 0 bridgehead atoms. The third kappa shape index (κ3) is 0.872. The van der Waals surface area contributed by atoms with Crippen LogP contribution in [-0.4, -0.2) is 10.1 Å². The third-order valence-electron chi connectivity index (χ3n) is 0.697. The molecule has 1 aromatic heterocycles. The van der Waals surface area contributed by atoms with Crippen LogP contribution in [0.2, 0.25) is 0 Å². The molecule has 0 unspecified atom stereocenters. The van der Waals surface area contributed by atoms with Crippen LogP contribution in [0.5, 0.6) is 5.75 Å². The molecule has 0 saturated heterocycles. The van der Waals surface area contributed by atoms with E-state index in [0.717, 1.165) is 0 Å². The van der Waals surface area contributed by atoms with Gasteiger partial charge in [-0.1, -0.05) is 0 Å². The maximum absolute atomic E-state index is 10.4. The van der Waals surface area contributed by atoms with E-state index in [4.69, 9.17) is 6.48 Å². The minimum atomic E-state index is -0.574. The molecule has 0 spiro atoms. The van der Waals surface area contributed by atoms with Crippen molar-refractivity contribution in [2.75, 3.05) is 0 Å². The highest BCUT2D eigenvalue weighted by Gasteiger charge is 1.82. The molecule has 0 aliphatic heterocycles. The van der Waals surface area contributed by atoms with E-state index in [0.29, 0.717) is 0 Å². The van der Waals surface area contributed by atoms with E-state index in [1.807, 2.05) is 0 Å². The molecule has 0 radical (unpaired) electrons. The number of rotatable bonds is 0. The lowest BCUT2D eigenvalue weighted by Gasteiger charge is -1.83. The minimum absolute atomic E-state index is 0.293. The quantitative estimate of drug-likeness (QED) is 0.499. The standard InChI is InChI=1S/C5H5NO2/c7-4-1-2-6-5(8)3-4/h1-3H,(H2,6,7,8)/i3D. The van der Waals surface area contributed by atoms with Crippen LogP contribution in [0.25, 0.3) is 0 Å². The van der Waals surface area contributed by atoms with Crippen molar-refractivity contribution >= 4 is 0 Å². The van der Waals surface area contributed by atoms with E-state index in [1.54, 1.807) is 0 Å². The van der Waals surface area contributed by atoms with Crippen LogP contribution >= 0.6 is 0 Å². The van der Waals surface area contributed by atoms with Crippen molar-refractivity contribution in [1.82, 2.24) is 4.98 Å². The van der Waals surface area contributed by atoms with Gasteiger partial charge in [-0.25, -0.2) is 0 Å². The van der Waals surface area contributed by atoms with E-state index >= 15 is 0 Å². The Bertz CT molecular complexity index is 268. The van der Waals surface area contributed by atoms with E-state index in [1.165, 1.54) is 12.3 Å². The van der Waals surface area contributed by atoms with Gasteiger partial charge in [0.2, 0.25) is 0 Å². The van der Waals surface area contributed by atoms with Gasteiger partial charge >= 0.3 is 0 Å². The molecule has 3 nitrogen and oxygen atoms in total. The Morgan fingerprint density at radius 2 is 2.62 bits per heavy atom. The molecule has 0 aliphatic rings. The second kappa shape index (κ2) is 1.69. The lowest BCUT2D eigenvalue weighted by Crippen LogP contribution is -1.99. The number of H-pyrrole nitrogens is 1. The van der Waals surface area contributed by atoms with Crippen LogP contribution in [0.15, 0.2) is 23.1 Å². The first-order chi connectivity index (χ1) is 4.22. The fourth-order valence-corrected chi connectivity index (χ4v) is 0.390. The van der Waals surface area contributed by atoms with Crippen molar-refractivity contribution in [2.24, 2.45) is 0 Å². The number of aromatic amines is 1. The molecule has 0 aromatic carbocycles. The molecule has 0 fully saturated rings. The van der Waals surface area contributed by atoms with Crippen LogP contribution in [0, 0.1) is 0 Å². The highest BCUT2D eigenvalue weighted by molar-refractivity contribution is 5.14. The summed E-state index contributed by atoms with van der Waals surface area (Å²) in [7, 11) is 0. The molecule has 0 saturated carbocycles. The van der Waals surface area contributed by atoms with Crippen molar-refractivity contribution in [3.63, 3.8) is 0 Å². The number of hydrogen-bond donors (Lipinski definition) is 2. The Labute approximate surface area is 47.0 Å². The summed E-state index contributed by atoms with van der Waals surface area (Å²) in [5, 5.41) is 8.69. The van der Waals surface area contributed by atoms with Crippen molar-refractivity contribution in [1.29, 1.82) is 0 Å². The molecule has 2 N–H and O–H groups in total. The van der Waals surface area contributed by atoms with E-state index in [-0.39, 0.29) is 5.75 Å². The summed E-state index contributed by atoms with van der Waals surface area (Å²) in [5.41, 5.74) is -0.574. The number of nitrogens with one attached hydrogen (secondary N) is 1. The molecular weight excluding hydrogens is 106 g/mol. The van der Waals surface area contributed by atoms with Gasteiger partial charge in [0, 0.05) is 12.2 Å². The second-order valence-corrected chi connectivity index (χ2v) is 1.32. The zero-order valence-electron chi connectivity index (χ0n) is 5.01. The predicted molar refractivity (Wildman–Crippen MR) is 28.7 cm³/mol. The van der Waals surface area contributed by atoms with Crippen LogP contribution < -0.4 is 5.56 Å². The Morgan fingerprint density at radius 3 is 3.12 bits per heavy atom. The summed E-state index contributed by atoms with van der Waals surface area (Å²) in [6, 6.07) is 0.863. The molecule has 0 atom stereocenters. The van der Waals surface area contributed by atoms with Crippen molar-refractivity contribution in [3.8, 4) is 5.75 Å². The summed E-state index contributed by atoms with van der Waals surface area (Å²) in [5.74, 6) is -0.293. The van der Waals surface area contributed by atoms with E-state index in [2.05, 4.69) is 4.98 Å². The smallest absolute Gasteiger partial charge is 0.251 e. The Hall–Kier alpha value is -1.25. The number of hydrogen-bond acceptors (Lipinski definition) is 2. The van der Waals surface area contributed by atoms with Gasteiger partial charge in [-0.05, 0) is 6.07 Å². The predicted octanol–water partition coefficient (Wildman–Crippen LogP) is 0.0805. The van der Waals surface area contributed by atoms with Gasteiger partial charge in [-0.15, -0.1) is 0 Å². The summed E-state index contributed by atoms with van der Waals surface area (Å²) in [6.07, 6.45) is 1.29. The lowest BCUT2D eigenvalue weighted by atomic mass is 10.5. The second-order valence-electron chi connectivity index (χ2n) is 1.32. The molecule has 42 valence electrons. The molecule has 3 heteroatoms. The molecule has 0 amide bonds. The van der Waals surface area contributed by atoms with Gasteiger partial charge in [0.15, 0.2) is 0 Å². The molecular formula is C5H5NO2. The average Bonchev–Trinajstić information content (AvgIpc) is 1.83. The summed E-state index contributed by atoms with van der Waals surface area (Å²) < 4.78 is 6.85. The Morgan fingerprint density at radius 1 is 1.88 bits per heavy atom. The average molecular weight is 112 g/mol. The van der Waals surface area contributed by atoms with Crippen LogP contribution in [0.4, 0.5) is 0 Å². The van der Waals surface area contributed by atoms with Crippen molar-refractivity contribution in [2.45, 2.75) is 0 Å². The molecule has 0 aliphatic carbocycles. The fourth-order valence-electron chi connectivity index (χ4n) is 0.390. The van der Waals surface area contributed by atoms with Gasteiger partial charge in [0.25, 0.3) is 5.56 Å². The van der Waals surface area contributed by atoms with Gasteiger partial charge in [-0.2, -0.15) is 0 Å². The third-order valence-corrected chi connectivity index (χ3v) is 0.697. The largest absolute Gasteiger partial charge is 0.508 e. The Kier molecular flexibility index (Phi) is 0.787. The van der Waals surface area contributed by atoms with Crippen molar-refractivity contribution in [3.05, 3.63) is 28.7 Å². The minimum Gasteiger partial charge on any atom is -0.508 e. The van der Waals surface area contributed by atoms with Gasteiger partial charge in [0.05, 0.1) is 1.37 Å². The number of aromatic nitrogens is 1. The first-order valence-electron chi connectivity index (χ1n) is 2.59.